The van der Waals surface area contributed by atoms with Crippen molar-refractivity contribution < 1.29 is 31.8 Å². The van der Waals surface area contributed by atoms with E-state index in [2.05, 4.69) is 10.6 Å². The normalized spacial score (nSPS) is 11.0. The molecule has 140 valence electrons. The Labute approximate surface area is 146 Å². The van der Waals surface area contributed by atoms with E-state index in [0.29, 0.717) is 23.6 Å². The summed E-state index contributed by atoms with van der Waals surface area (Å²) in [5.41, 5.74) is -1.62. The molecule has 0 atom stereocenters. The number of alkyl halides is 3. The molecule has 0 bridgehead atoms. The van der Waals surface area contributed by atoms with Crippen LogP contribution in [0.4, 0.5) is 28.0 Å². The molecule has 0 saturated heterocycles. The van der Waals surface area contributed by atoms with Gasteiger partial charge in [0.05, 0.1) is 19.2 Å². The second-order valence-electron chi connectivity index (χ2n) is 5.10. The maximum Gasteiger partial charge on any atom is 0.419 e. The summed E-state index contributed by atoms with van der Waals surface area (Å²) < 4.78 is 61.6. The molecule has 0 unspecified atom stereocenters. The summed E-state index contributed by atoms with van der Waals surface area (Å²) in [4.78, 5) is 11.7. The van der Waals surface area contributed by atoms with Gasteiger partial charge in [-0.1, -0.05) is 6.07 Å². The number of hydrogen-bond donors (Lipinski definition) is 2. The zero-order chi connectivity index (χ0) is 19.2. The van der Waals surface area contributed by atoms with E-state index in [1.54, 1.807) is 24.3 Å². The molecule has 2 N–H and O–H groups in total. The van der Waals surface area contributed by atoms with E-state index in [-0.39, 0.29) is 18.8 Å². The summed E-state index contributed by atoms with van der Waals surface area (Å²) in [6.45, 7) is 0.244. The Morgan fingerprint density at radius 2 is 1.85 bits per heavy atom. The van der Waals surface area contributed by atoms with Gasteiger partial charge in [-0.15, -0.1) is 0 Å². The number of benzene rings is 2. The molecule has 0 fully saturated rings. The second kappa shape index (κ2) is 8.41. The lowest BCUT2D eigenvalue weighted by atomic mass is 10.2. The lowest BCUT2D eigenvalue weighted by Gasteiger charge is -2.12. The molecule has 0 spiro atoms. The van der Waals surface area contributed by atoms with Gasteiger partial charge in [0.15, 0.2) is 0 Å². The van der Waals surface area contributed by atoms with E-state index >= 15 is 0 Å². The Hall–Kier alpha value is -2.97. The van der Waals surface area contributed by atoms with Crippen LogP contribution in [0.25, 0.3) is 0 Å². The van der Waals surface area contributed by atoms with Gasteiger partial charge < -0.3 is 20.1 Å². The number of rotatable bonds is 6. The van der Waals surface area contributed by atoms with Crippen molar-refractivity contribution in [2.45, 2.75) is 6.18 Å². The minimum atomic E-state index is -4.84. The summed E-state index contributed by atoms with van der Waals surface area (Å²) in [6, 6.07) is 8.33. The Kier molecular flexibility index (Phi) is 6.26. The average molecular weight is 372 g/mol. The summed E-state index contributed by atoms with van der Waals surface area (Å²) in [7, 11) is 1.52. The van der Waals surface area contributed by atoms with Gasteiger partial charge in [-0.05, 0) is 30.3 Å². The molecule has 0 aliphatic carbocycles. The zero-order valence-electron chi connectivity index (χ0n) is 13.7. The first kappa shape index (κ1) is 19.4. The molecule has 2 aromatic rings. The number of carbonyl (C=O) groups is 1. The van der Waals surface area contributed by atoms with Crippen LogP contribution in [-0.4, -0.2) is 26.3 Å². The smallest absolute Gasteiger partial charge is 0.419 e. The molecular weight excluding hydrogens is 356 g/mol. The monoisotopic (exact) mass is 372 g/mol. The number of methoxy groups -OCH3 is 1. The minimum absolute atomic E-state index is 0.108. The quantitative estimate of drug-likeness (QED) is 0.594. The van der Waals surface area contributed by atoms with Crippen molar-refractivity contribution in [1.29, 1.82) is 0 Å². The Balaban J connectivity index is 1.82. The van der Waals surface area contributed by atoms with Gasteiger partial charge >= 0.3 is 12.2 Å². The Morgan fingerprint density at radius 3 is 2.54 bits per heavy atom. The number of carbonyl (C=O) groups excluding carboxylic acids is 1. The summed E-state index contributed by atoms with van der Waals surface area (Å²) in [6.07, 6.45) is -4.84. The largest absolute Gasteiger partial charge is 0.497 e. The molecule has 2 amide bonds. The highest BCUT2D eigenvalue weighted by atomic mass is 19.4. The lowest BCUT2D eigenvalue weighted by molar-refractivity contribution is -0.139. The van der Waals surface area contributed by atoms with E-state index in [1.165, 1.54) is 7.11 Å². The summed E-state index contributed by atoms with van der Waals surface area (Å²) >= 11 is 0. The maximum atomic E-state index is 13.2. The van der Waals surface area contributed by atoms with E-state index in [4.69, 9.17) is 9.47 Å². The fourth-order valence-corrected chi connectivity index (χ4v) is 2.02. The Bertz CT molecular complexity index is 766. The topological polar surface area (TPSA) is 59.6 Å². The number of ether oxygens (including phenoxy) is 2. The van der Waals surface area contributed by atoms with Crippen molar-refractivity contribution in [3.05, 3.63) is 53.8 Å². The predicted molar refractivity (Wildman–Crippen MR) is 86.9 cm³/mol. The molecule has 2 aromatic carbocycles. The van der Waals surface area contributed by atoms with Crippen LogP contribution in [0.5, 0.6) is 11.5 Å². The number of nitrogens with one attached hydrogen (secondary N) is 2. The molecule has 0 aromatic heterocycles. The number of anilines is 1. The molecule has 0 heterocycles. The highest BCUT2D eigenvalue weighted by molar-refractivity contribution is 5.89. The summed E-state index contributed by atoms with van der Waals surface area (Å²) in [5, 5.41) is 4.63. The average Bonchev–Trinajstić information content (AvgIpc) is 2.59. The SMILES string of the molecule is COc1cccc(OCCNC(=O)Nc2ccc(F)c(C(F)(F)F)c2)c1. The highest BCUT2D eigenvalue weighted by Gasteiger charge is 2.34. The van der Waals surface area contributed by atoms with Crippen LogP contribution in [0.1, 0.15) is 5.56 Å². The maximum absolute atomic E-state index is 13.2. The van der Waals surface area contributed by atoms with Crippen LogP contribution in [0.2, 0.25) is 0 Å². The highest BCUT2D eigenvalue weighted by Crippen LogP contribution is 2.32. The van der Waals surface area contributed by atoms with Crippen LogP contribution in [0, 0.1) is 5.82 Å². The number of amides is 2. The lowest BCUT2D eigenvalue weighted by Crippen LogP contribution is -2.32. The van der Waals surface area contributed by atoms with Crippen molar-refractivity contribution in [3.63, 3.8) is 0 Å². The van der Waals surface area contributed by atoms with Crippen molar-refractivity contribution in [2.75, 3.05) is 25.6 Å². The predicted octanol–water partition coefficient (Wildman–Crippen LogP) is 4.05. The van der Waals surface area contributed by atoms with Crippen LogP contribution < -0.4 is 20.1 Å². The number of hydrogen-bond acceptors (Lipinski definition) is 3. The molecule has 0 aliphatic heterocycles. The van der Waals surface area contributed by atoms with Crippen molar-refractivity contribution in [1.82, 2.24) is 5.32 Å². The molecule has 0 radical (unpaired) electrons. The summed E-state index contributed by atoms with van der Waals surface area (Å²) in [5.74, 6) is -0.250. The third kappa shape index (κ3) is 5.54. The van der Waals surface area contributed by atoms with Gasteiger partial charge in [0.25, 0.3) is 0 Å². The minimum Gasteiger partial charge on any atom is -0.497 e. The molecule has 0 aliphatic rings. The Morgan fingerprint density at radius 1 is 1.12 bits per heavy atom. The van der Waals surface area contributed by atoms with E-state index < -0.39 is 23.6 Å². The van der Waals surface area contributed by atoms with Gasteiger partial charge in [-0.25, -0.2) is 9.18 Å². The fraction of sp³-hybridized carbons (Fsp3) is 0.235. The van der Waals surface area contributed by atoms with E-state index in [9.17, 15) is 22.4 Å². The first-order valence-corrected chi connectivity index (χ1v) is 7.48. The van der Waals surface area contributed by atoms with Crippen molar-refractivity contribution >= 4 is 11.7 Å². The zero-order valence-corrected chi connectivity index (χ0v) is 13.7. The first-order chi connectivity index (χ1) is 12.3. The third-order valence-electron chi connectivity index (χ3n) is 3.23. The number of urea groups is 1. The molecule has 0 saturated carbocycles. The van der Waals surface area contributed by atoms with Crippen molar-refractivity contribution in [2.24, 2.45) is 0 Å². The van der Waals surface area contributed by atoms with Crippen LogP contribution in [-0.2, 0) is 6.18 Å². The number of halogens is 4. The van der Waals surface area contributed by atoms with Gasteiger partial charge in [-0.3, -0.25) is 0 Å². The fourth-order valence-electron chi connectivity index (χ4n) is 2.02. The third-order valence-corrected chi connectivity index (χ3v) is 3.23. The molecular formula is C17H16F4N2O3. The molecule has 9 heteroatoms. The van der Waals surface area contributed by atoms with E-state index in [1.807, 2.05) is 0 Å². The molecule has 2 rings (SSSR count). The first-order valence-electron chi connectivity index (χ1n) is 7.48. The van der Waals surface area contributed by atoms with E-state index in [0.717, 1.165) is 6.07 Å². The van der Waals surface area contributed by atoms with Gasteiger partial charge in [0, 0.05) is 11.8 Å². The van der Waals surface area contributed by atoms with Crippen LogP contribution in [0.15, 0.2) is 42.5 Å². The van der Waals surface area contributed by atoms with Crippen molar-refractivity contribution in [3.8, 4) is 11.5 Å². The molecule has 5 nitrogen and oxygen atoms in total. The van der Waals surface area contributed by atoms with Crippen LogP contribution in [0.3, 0.4) is 0 Å². The standard InChI is InChI=1S/C17H16F4N2O3/c1-25-12-3-2-4-13(10-12)26-8-7-22-16(24)23-11-5-6-15(18)14(9-11)17(19,20)21/h2-6,9-10H,7-8H2,1H3,(H2,22,23,24). The van der Waals surface area contributed by atoms with Crippen LogP contribution >= 0.6 is 0 Å². The second-order valence-corrected chi connectivity index (χ2v) is 5.10. The van der Waals surface area contributed by atoms with Gasteiger partial charge in [0.1, 0.15) is 23.9 Å². The molecule has 26 heavy (non-hydrogen) atoms. The van der Waals surface area contributed by atoms with Gasteiger partial charge in [-0.2, -0.15) is 13.2 Å². The van der Waals surface area contributed by atoms with Gasteiger partial charge in [0.2, 0.25) is 0 Å².